The van der Waals surface area contributed by atoms with E-state index in [1.54, 1.807) is 0 Å². The van der Waals surface area contributed by atoms with Crippen LogP contribution in [0.5, 0.6) is 0 Å². The highest BCUT2D eigenvalue weighted by molar-refractivity contribution is 7.39. The Bertz CT molecular complexity index is 306. The maximum atomic E-state index is 11.1. The molecule has 0 aliphatic heterocycles. The predicted octanol–water partition coefficient (Wildman–Crippen LogP) is 3.48. The molecule has 2 nitrogen and oxygen atoms in total. The molecule has 0 saturated heterocycles. The molecule has 3 heteroatoms. The van der Waals surface area contributed by atoms with Gasteiger partial charge in [0, 0.05) is 0 Å². The molecule has 0 aliphatic carbocycles. The maximum absolute atomic E-state index is 11.1. The third-order valence-electron chi connectivity index (χ3n) is 1.64. The Kier molecular flexibility index (Phi) is 5.13. The van der Waals surface area contributed by atoms with Gasteiger partial charge in [-0.05, 0) is 23.1 Å². The van der Waals surface area contributed by atoms with Crippen molar-refractivity contribution in [2.75, 3.05) is 12.8 Å². The standard InChI is InChI=1S/C11H14O2P/c1-2-13-14(12)10-6-9-11-7-4-3-5-8-11/h3-9H,2,10H2,1H3/q+1/b9-6+. The third-order valence-corrected chi connectivity index (χ3v) is 2.69. The van der Waals surface area contributed by atoms with Crippen molar-refractivity contribution in [2.45, 2.75) is 6.92 Å². The quantitative estimate of drug-likeness (QED) is 0.694. The molecule has 0 aromatic heterocycles. The zero-order valence-corrected chi connectivity index (χ0v) is 9.11. The molecule has 0 saturated carbocycles. The van der Waals surface area contributed by atoms with E-state index in [0.717, 1.165) is 5.56 Å². The van der Waals surface area contributed by atoms with Gasteiger partial charge >= 0.3 is 8.03 Å². The molecule has 0 bridgehead atoms. The van der Waals surface area contributed by atoms with E-state index >= 15 is 0 Å². The maximum Gasteiger partial charge on any atom is 0.512 e. The van der Waals surface area contributed by atoms with Gasteiger partial charge in [0.25, 0.3) is 0 Å². The molecule has 1 aromatic carbocycles. The lowest BCUT2D eigenvalue weighted by molar-refractivity contribution is 0.352. The zero-order valence-electron chi connectivity index (χ0n) is 8.22. The van der Waals surface area contributed by atoms with E-state index in [4.69, 9.17) is 4.52 Å². The first kappa shape index (κ1) is 11.1. The summed E-state index contributed by atoms with van der Waals surface area (Å²) in [5.41, 5.74) is 1.12. The van der Waals surface area contributed by atoms with Gasteiger partial charge < -0.3 is 0 Å². The molecule has 1 aromatic rings. The molecule has 0 radical (unpaired) electrons. The summed E-state index contributed by atoms with van der Waals surface area (Å²) in [7, 11) is -1.51. The van der Waals surface area contributed by atoms with E-state index in [1.807, 2.05) is 49.4 Å². The zero-order chi connectivity index (χ0) is 10.2. The van der Waals surface area contributed by atoms with Crippen molar-refractivity contribution in [3.8, 4) is 0 Å². The Morgan fingerprint density at radius 2 is 2.07 bits per heavy atom. The van der Waals surface area contributed by atoms with Gasteiger partial charge in [-0.2, -0.15) is 0 Å². The fourth-order valence-corrected chi connectivity index (χ4v) is 1.71. The van der Waals surface area contributed by atoms with E-state index in [2.05, 4.69) is 0 Å². The highest BCUT2D eigenvalue weighted by Gasteiger charge is 2.11. The minimum Gasteiger partial charge on any atom is -0.146 e. The van der Waals surface area contributed by atoms with Crippen molar-refractivity contribution in [3.05, 3.63) is 42.0 Å². The van der Waals surface area contributed by atoms with Gasteiger partial charge in [0.15, 0.2) is 6.16 Å². The number of rotatable bonds is 5. The first-order valence-electron chi connectivity index (χ1n) is 4.62. The number of allylic oxidation sites excluding steroid dienone is 1. The number of hydrogen-bond donors (Lipinski definition) is 0. The highest BCUT2D eigenvalue weighted by atomic mass is 31.1. The lowest BCUT2D eigenvalue weighted by atomic mass is 10.2. The molecule has 0 amide bonds. The summed E-state index contributed by atoms with van der Waals surface area (Å²) in [5, 5.41) is 0. The number of benzene rings is 1. The average Bonchev–Trinajstić information content (AvgIpc) is 2.20. The van der Waals surface area contributed by atoms with Gasteiger partial charge in [0.05, 0.1) is 6.61 Å². The summed E-state index contributed by atoms with van der Waals surface area (Å²) < 4.78 is 16.0. The number of hydrogen-bond acceptors (Lipinski definition) is 2. The fraction of sp³-hybridized carbons (Fsp3) is 0.273. The van der Waals surface area contributed by atoms with Gasteiger partial charge in [-0.3, -0.25) is 0 Å². The minimum atomic E-state index is -1.51. The van der Waals surface area contributed by atoms with E-state index in [9.17, 15) is 4.57 Å². The Labute approximate surface area is 85.5 Å². The van der Waals surface area contributed by atoms with Crippen molar-refractivity contribution in [1.29, 1.82) is 0 Å². The Balaban J connectivity index is 2.38. The highest BCUT2D eigenvalue weighted by Crippen LogP contribution is 2.21. The van der Waals surface area contributed by atoms with Crippen molar-refractivity contribution >= 4 is 14.1 Å². The molecular weight excluding hydrogens is 195 g/mol. The summed E-state index contributed by atoms with van der Waals surface area (Å²) in [5.74, 6) is 0. The summed E-state index contributed by atoms with van der Waals surface area (Å²) in [6.45, 7) is 2.35. The van der Waals surface area contributed by atoms with Crippen molar-refractivity contribution in [1.82, 2.24) is 0 Å². The smallest absolute Gasteiger partial charge is 0.146 e. The van der Waals surface area contributed by atoms with E-state index in [0.29, 0.717) is 12.8 Å². The van der Waals surface area contributed by atoms with Crippen LogP contribution in [0.3, 0.4) is 0 Å². The molecule has 1 rings (SSSR count). The van der Waals surface area contributed by atoms with Gasteiger partial charge in [-0.15, -0.1) is 4.52 Å². The molecule has 74 valence electrons. The van der Waals surface area contributed by atoms with Crippen LogP contribution in [-0.4, -0.2) is 12.8 Å². The lowest BCUT2D eigenvalue weighted by Gasteiger charge is -1.88. The molecule has 0 N–H and O–H groups in total. The lowest BCUT2D eigenvalue weighted by Crippen LogP contribution is -1.79. The Morgan fingerprint density at radius 3 is 2.71 bits per heavy atom. The van der Waals surface area contributed by atoms with E-state index in [1.165, 1.54) is 0 Å². The van der Waals surface area contributed by atoms with Crippen LogP contribution in [0.1, 0.15) is 12.5 Å². The SMILES string of the molecule is CCO[P+](=O)C/C=C/c1ccccc1. The first-order valence-corrected chi connectivity index (χ1v) is 5.98. The van der Waals surface area contributed by atoms with Gasteiger partial charge in [-0.1, -0.05) is 36.4 Å². The van der Waals surface area contributed by atoms with Crippen LogP contribution in [0.2, 0.25) is 0 Å². The Hall–Kier alpha value is -0.980. The summed E-state index contributed by atoms with van der Waals surface area (Å²) in [6.07, 6.45) is 4.31. The van der Waals surface area contributed by atoms with Crippen LogP contribution in [0.15, 0.2) is 36.4 Å². The van der Waals surface area contributed by atoms with Crippen LogP contribution < -0.4 is 0 Å². The average molecular weight is 209 g/mol. The molecule has 0 aliphatic rings. The molecule has 14 heavy (non-hydrogen) atoms. The van der Waals surface area contributed by atoms with Gasteiger partial charge in [0.1, 0.15) is 0 Å². The van der Waals surface area contributed by atoms with Crippen molar-refractivity contribution in [2.24, 2.45) is 0 Å². The topological polar surface area (TPSA) is 26.3 Å². The second-order valence-corrected chi connectivity index (χ2v) is 4.03. The van der Waals surface area contributed by atoms with Gasteiger partial charge in [0.2, 0.25) is 0 Å². The van der Waals surface area contributed by atoms with Crippen LogP contribution in [-0.2, 0) is 9.09 Å². The fourth-order valence-electron chi connectivity index (χ4n) is 1.04. The van der Waals surface area contributed by atoms with Crippen molar-refractivity contribution in [3.63, 3.8) is 0 Å². The monoisotopic (exact) mass is 209 g/mol. The van der Waals surface area contributed by atoms with Crippen LogP contribution in [0, 0.1) is 0 Å². The first-order chi connectivity index (χ1) is 6.83. The van der Waals surface area contributed by atoms with Crippen molar-refractivity contribution < 1.29 is 9.09 Å². The minimum absolute atomic E-state index is 0.484. The van der Waals surface area contributed by atoms with Gasteiger partial charge in [-0.25, -0.2) is 0 Å². The van der Waals surface area contributed by atoms with Crippen LogP contribution in [0.4, 0.5) is 0 Å². The molecule has 1 atom stereocenters. The molecular formula is C11H14O2P+. The third kappa shape index (κ3) is 4.31. The largest absolute Gasteiger partial charge is 0.512 e. The molecule has 1 unspecified atom stereocenters. The summed E-state index contributed by atoms with van der Waals surface area (Å²) in [6, 6.07) is 9.93. The predicted molar refractivity (Wildman–Crippen MR) is 59.6 cm³/mol. The van der Waals surface area contributed by atoms with E-state index < -0.39 is 8.03 Å². The summed E-state index contributed by atoms with van der Waals surface area (Å²) >= 11 is 0. The second-order valence-electron chi connectivity index (χ2n) is 2.75. The van der Waals surface area contributed by atoms with Crippen LogP contribution in [0.25, 0.3) is 6.08 Å². The normalized spacial score (nSPS) is 11.9. The summed E-state index contributed by atoms with van der Waals surface area (Å²) in [4.78, 5) is 0. The Morgan fingerprint density at radius 1 is 1.36 bits per heavy atom. The van der Waals surface area contributed by atoms with Crippen LogP contribution >= 0.6 is 8.03 Å². The molecule has 0 fully saturated rings. The van der Waals surface area contributed by atoms with E-state index in [-0.39, 0.29) is 0 Å². The molecule has 0 heterocycles. The molecule has 0 spiro atoms. The second kappa shape index (κ2) is 6.47.